The van der Waals surface area contributed by atoms with Crippen molar-refractivity contribution in [2.75, 3.05) is 18.6 Å². The van der Waals surface area contributed by atoms with E-state index in [-0.39, 0.29) is 24.2 Å². The van der Waals surface area contributed by atoms with Gasteiger partial charge in [-0.05, 0) is 67.1 Å². The van der Waals surface area contributed by atoms with Gasteiger partial charge in [-0.2, -0.15) is 53.6 Å². The number of amides is 3. The minimum absolute atomic E-state index is 0.00338. The molecule has 26 heteroatoms. The molecule has 3 amide bonds. The van der Waals surface area contributed by atoms with Crippen molar-refractivity contribution in [2.45, 2.75) is 32.4 Å². The van der Waals surface area contributed by atoms with Gasteiger partial charge in [-0.3, -0.25) is 32.6 Å². The monoisotopic (exact) mass is 842 g/mol. The number of carbonyl (C=O) groups is 3. The summed E-state index contributed by atoms with van der Waals surface area (Å²) in [5, 5.41) is 21.6. The van der Waals surface area contributed by atoms with Crippen LogP contribution in [0.5, 0.6) is 5.88 Å². The molecule has 2 aliphatic rings. The van der Waals surface area contributed by atoms with Gasteiger partial charge >= 0.3 is 0 Å². The van der Waals surface area contributed by atoms with Crippen LogP contribution in [0, 0.1) is 0 Å². The van der Waals surface area contributed by atoms with E-state index in [0.717, 1.165) is 18.4 Å². The zero-order valence-corrected chi connectivity index (χ0v) is 30.8. The number of rotatable bonds is 11. The van der Waals surface area contributed by atoms with Gasteiger partial charge in [0, 0.05) is 25.7 Å². The first-order valence-corrected chi connectivity index (χ1v) is 20.7. The minimum Gasteiger partial charge on any atom is -0.493 e. The van der Waals surface area contributed by atoms with Crippen molar-refractivity contribution in [3.8, 4) is 11.6 Å². The van der Waals surface area contributed by atoms with E-state index in [1.165, 1.54) is 24.1 Å². The summed E-state index contributed by atoms with van der Waals surface area (Å²) < 4.78 is 134. The quantitative estimate of drug-likeness (QED) is 0.0864. The third-order valence-corrected chi connectivity index (χ3v) is 11.3. The number of nitrogens with zero attached hydrogens (tertiary/aromatic N) is 5. The van der Waals surface area contributed by atoms with Crippen molar-refractivity contribution < 1.29 is 71.4 Å². The largest absolute Gasteiger partial charge is 0.493 e. The van der Waals surface area contributed by atoms with Crippen molar-refractivity contribution in [1.29, 1.82) is 0 Å². The number of carbonyl (C=O) groups excluding carboxylic acids is 3. The van der Waals surface area contributed by atoms with Crippen LogP contribution in [-0.2, 0) is 50.1 Å². The van der Waals surface area contributed by atoms with Crippen LogP contribution in [0.25, 0.3) is 11.8 Å². The molecule has 0 radical (unpaired) electrons. The molecule has 0 unspecified atom stereocenters. The summed E-state index contributed by atoms with van der Waals surface area (Å²) in [5.74, 6) is -3.43. The molecule has 2 aliphatic heterocycles. The number of likely N-dealkylation sites (tertiary alicyclic amines) is 1. The van der Waals surface area contributed by atoms with Gasteiger partial charge in [0.1, 0.15) is 9.79 Å². The highest BCUT2D eigenvalue weighted by atomic mass is 32.2. The Kier molecular flexibility index (Phi) is 10.7. The van der Waals surface area contributed by atoms with Gasteiger partial charge in [-0.1, -0.05) is 0 Å². The zero-order valence-electron chi connectivity index (χ0n) is 27.6. The fraction of sp³-hybridized carbons (Fsp3) is 0.138. The number of hydrogen-bond acceptors (Lipinski definition) is 14. The van der Waals surface area contributed by atoms with E-state index in [1.54, 1.807) is 0 Å². The van der Waals surface area contributed by atoms with E-state index in [4.69, 9.17) is 0 Å². The summed E-state index contributed by atoms with van der Waals surface area (Å²) in [4.78, 5) is 36.6. The molecular weight excluding hydrogens is 817 g/mol. The van der Waals surface area contributed by atoms with Gasteiger partial charge in [0.05, 0.1) is 38.5 Å². The first-order chi connectivity index (χ1) is 25.4. The van der Waals surface area contributed by atoms with E-state index in [1.807, 2.05) is 0 Å². The maximum absolute atomic E-state index is 13.4. The lowest BCUT2D eigenvalue weighted by molar-refractivity contribution is -0.125. The Hall–Kier alpha value is -5.61. The number of hydrazone groups is 1. The summed E-state index contributed by atoms with van der Waals surface area (Å²) >= 11 is 0. The molecule has 22 nitrogen and oxygen atoms in total. The molecule has 3 heterocycles. The Bertz CT molecular complexity index is 2750. The minimum atomic E-state index is -5.14. The van der Waals surface area contributed by atoms with Gasteiger partial charge < -0.3 is 15.3 Å². The maximum atomic E-state index is 13.4. The first kappa shape index (κ1) is 40.6. The van der Waals surface area contributed by atoms with Crippen molar-refractivity contribution in [1.82, 2.24) is 20.0 Å². The second kappa shape index (κ2) is 14.6. The molecule has 55 heavy (non-hydrogen) atoms. The molecule has 5 rings (SSSR count). The molecule has 1 saturated heterocycles. The summed E-state index contributed by atoms with van der Waals surface area (Å²) in [6, 6.07) is 3.66. The zero-order chi connectivity index (χ0) is 40.8. The fourth-order valence-corrected chi connectivity index (χ4v) is 7.55. The molecule has 3 aromatic rings. The maximum Gasteiger partial charge on any atom is 0.296 e. The SMILES string of the molecule is CNC(=O)c1nn(-c2cc(S(=O)(=O)O)ccc2S(=O)(=O)O)c(O)c1C=CC(=C/C=C1/C=NN(c2cc(S(=O)(=O)O)ccc2S(=O)(=O)O)C1=O)N1CCCC1=O. The number of allylic oxidation sites excluding steroid dienone is 3. The number of aromatic nitrogens is 2. The summed E-state index contributed by atoms with van der Waals surface area (Å²) in [6.07, 6.45) is 5.93. The van der Waals surface area contributed by atoms with E-state index >= 15 is 0 Å². The Morgan fingerprint density at radius 2 is 1.40 bits per heavy atom. The van der Waals surface area contributed by atoms with Crippen molar-refractivity contribution >= 4 is 76.2 Å². The van der Waals surface area contributed by atoms with E-state index in [0.29, 0.717) is 52.5 Å². The molecule has 1 fully saturated rings. The lowest BCUT2D eigenvalue weighted by atomic mass is 10.1. The Labute approximate surface area is 311 Å². The van der Waals surface area contributed by atoms with Crippen LogP contribution in [0.2, 0.25) is 0 Å². The van der Waals surface area contributed by atoms with Gasteiger partial charge in [-0.15, -0.1) is 0 Å². The highest BCUT2D eigenvalue weighted by molar-refractivity contribution is 7.87. The second-order valence-corrected chi connectivity index (χ2v) is 16.9. The van der Waals surface area contributed by atoms with E-state index in [2.05, 4.69) is 15.5 Å². The lowest BCUT2D eigenvalue weighted by Crippen LogP contribution is -2.24. The molecule has 292 valence electrons. The molecule has 0 saturated carbocycles. The molecule has 0 spiro atoms. The predicted molar refractivity (Wildman–Crippen MR) is 186 cm³/mol. The van der Waals surface area contributed by atoms with Crippen LogP contribution in [0.4, 0.5) is 5.69 Å². The van der Waals surface area contributed by atoms with Gasteiger partial charge in [0.15, 0.2) is 5.69 Å². The van der Waals surface area contributed by atoms with Gasteiger partial charge in [0.2, 0.25) is 11.8 Å². The van der Waals surface area contributed by atoms with Gasteiger partial charge in [-0.25, -0.2) is 0 Å². The summed E-state index contributed by atoms with van der Waals surface area (Å²) in [7, 11) is -18.9. The fourth-order valence-electron chi connectivity index (χ4n) is 5.25. The summed E-state index contributed by atoms with van der Waals surface area (Å²) in [6.45, 7) is 0.139. The van der Waals surface area contributed by atoms with Crippen molar-refractivity contribution in [3.05, 3.63) is 77.2 Å². The standard InChI is InChI=1S/C29H26N6O16S4/c1-30-27(37)26-20(29(39)35(32-26)22-14-19(53(43,44)45)8-11-24(22)55(49,50)51)9-6-17(33-12-2-3-25(33)36)5-4-16-15-31-34(28(16)38)21-13-18(52(40,41)42)7-10-23(21)54(46,47)48/h4-11,13-15,39H,2-3,12H2,1H3,(H,30,37)(H,40,41,42)(H,43,44,45)(H,46,47,48)(H,49,50,51)/b9-6?,16-4-,17-5?. The number of nitrogens with one attached hydrogen (secondary N) is 1. The molecule has 1 aromatic heterocycles. The molecule has 2 aromatic carbocycles. The Morgan fingerprint density at radius 3 is 1.91 bits per heavy atom. The number of benzene rings is 2. The highest BCUT2D eigenvalue weighted by Gasteiger charge is 2.32. The average molecular weight is 843 g/mol. The van der Waals surface area contributed by atoms with Crippen LogP contribution in [-0.4, -0.2) is 109 Å². The van der Waals surface area contributed by atoms with Crippen molar-refractivity contribution in [3.63, 3.8) is 0 Å². The van der Waals surface area contributed by atoms with Crippen molar-refractivity contribution in [2.24, 2.45) is 5.10 Å². The van der Waals surface area contributed by atoms with Gasteiger partial charge in [0.25, 0.3) is 52.3 Å². The third-order valence-electron chi connectivity index (χ3n) is 7.80. The summed E-state index contributed by atoms with van der Waals surface area (Å²) in [5.41, 5.74) is -2.86. The third kappa shape index (κ3) is 8.39. The first-order valence-electron chi connectivity index (χ1n) is 14.9. The number of aromatic hydroxyl groups is 1. The molecule has 6 N–H and O–H groups in total. The highest BCUT2D eigenvalue weighted by Crippen LogP contribution is 2.34. The molecule has 0 bridgehead atoms. The molecule has 0 aliphatic carbocycles. The lowest BCUT2D eigenvalue weighted by Gasteiger charge is -2.17. The Balaban J connectivity index is 1.62. The smallest absolute Gasteiger partial charge is 0.296 e. The average Bonchev–Trinajstić information content (AvgIpc) is 3.78. The van der Waals surface area contributed by atoms with E-state index in [9.17, 15) is 71.4 Å². The second-order valence-electron chi connectivity index (χ2n) is 11.3. The normalized spacial score (nSPS) is 16.6. The van der Waals surface area contributed by atoms with E-state index < -0.39 is 106 Å². The topological polar surface area (TPSA) is 338 Å². The predicted octanol–water partition coefficient (Wildman–Crippen LogP) is 0.403. The van der Waals surface area contributed by atoms with Crippen LogP contribution in [0.3, 0.4) is 0 Å². The molecular formula is C29H26N6O16S4. The number of anilines is 1. The number of hydrogen-bond donors (Lipinski definition) is 6. The molecule has 0 atom stereocenters. The van der Waals surface area contributed by atoms with Crippen LogP contribution >= 0.6 is 0 Å². The van der Waals surface area contributed by atoms with Crippen LogP contribution in [0.15, 0.2) is 90.6 Å². The Morgan fingerprint density at radius 1 is 0.836 bits per heavy atom. The van der Waals surface area contributed by atoms with Crippen LogP contribution < -0.4 is 10.3 Å². The van der Waals surface area contributed by atoms with Crippen LogP contribution in [0.1, 0.15) is 28.9 Å².